The molecule has 0 bridgehead atoms. The van der Waals surface area contributed by atoms with E-state index in [1.165, 1.54) is 0 Å². The van der Waals surface area contributed by atoms with Crippen molar-refractivity contribution in [3.8, 4) is 5.75 Å². The molecule has 0 saturated heterocycles. The molecule has 78 valence electrons. The van der Waals surface area contributed by atoms with Crippen LogP contribution in [0.5, 0.6) is 5.75 Å². The first-order chi connectivity index (χ1) is 6.49. The number of aryl methyl sites for hydroxylation is 1. The molecule has 1 atom stereocenters. The van der Waals surface area contributed by atoms with Crippen molar-refractivity contribution >= 4 is 11.6 Å². The quantitative estimate of drug-likeness (QED) is 0.703. The van der Waals surface area contributed by atoms with Crippen molar-refractivity contribution in [3.05, 3.63) is 27.8 Å². The minimum absolute atomic E-state index is 0.0312. The van der Waals surface area contributed by atoms with Crippen LogP contribution in [0.1, 0.15) is 22.7 Å². The lowest BCUT2D eigenvalue weighted by Crippen LogP contribution is -2.15. The maximum absolute atomic E-state index is 9.68. The topological polar surface area (TPSA) is 66.5 Å². The molecule has 0 aliphatic rings. The molecule has 1 aromatic carbocycles. The third kappa shape index (κ3) is 1.85. The number of nitrogens with two attached hydrogens (primary N) is 1. The van der Waals surface area contributed by atoms with Gasteiger partial charge in [0.25, 0.3) is 0 Å². The van der Waals surface area contributed by atoms with Crippen LogP contribution in [0, 0.1) is 13.8 Å². The van der Waals surface area contributed by atoms with Crippen molar-refractivity contribution in [2.24, 2.45) is 5.73 Å². The van der Waals surface area contributed by atoms with E-state index in [4.69, 9.17) is 22.4 Å². The summed E-state index contributed by atoms with van der Waals surface area (Å²) in [4.78, 5) is 0. The smallest absolute Gasteiger partial charge is 0.139 e. The van der Waals surface area contributed by atoms with E-state index in [2.05, 4.69) is 0 Å². The average Bonchev–Trinajstić information content (AvgIpc) is 2.19. The first kappa shape index (κ1) is 11.3. The molecule has 0 radical (unpaired) electrons. The number of halogens is 1. The molecule has 0 aliphatic heterocycles. The first-order valence-electron chi connectivity index (χ1n) is 4.34. The maximum atomic E-state index is 9.68. The summed E-state index contributed by atoms with van der Waals surface area (Å²) < 4.78 is 0. The number of benzene rings is 1. The highest BCUT2D eigenvalue weighted by Crippen LogP contribution is 2.35. The van der Waals surface area contributed by atoms with E-state index >= 15 is 0 Å². The van der Waals surface area contributed by atoms with Crippen LogP contribution in [0.2, 0.25) is 5.02 Å². The summed E-state index contributed by atoms with van der Waals surface area (Å²) in [5.74, 6) is -0.0312. The monoisotopic (exact) mass is 215 g/mol. The number of phenols is 1. The fourth-order valence-corrected chi connectivity index (χ4v) is 1.53. The van der Waals surface area contributed by atoms with Crippen LogP contribution in [0.25, 0.3) is 0 Å². The molecule has 0 spiro atoms. The first-order valence-corrected chi connectivity index (χ1v) is 4.71. The Balaban J connectivity index is 3.33. The molecule has 0 heterocycles. The molecule has 0 amide bonds. The second-order valence-corrected chi connectivity index (χ2v) is 3.74. The van der Waals surface area contributed by atoms with Crippen molar-refractivity contribution < 1.29 is 10.2 Å². The number of phenolic OH excluding ortho intramolecular Hbond substituents is 1. The number of hydrogen-bond donors (Lipinski definition) is 3. The molecule has 0 aliphatic carbocycles. The minimum atomic E-state index is -0.591. The lowest BCUT2D eigenvalue weighted by atomic mass is 10.0. The Labute approximate surface area is 88.1 Å². The zero-order valence-corrected chi connectivity index (χ0v) is 8.97. The molecular formula is C10H14ClNO2. The average molecular weight is 216 g/mol. The highest BCUT2D eigenvalue weighted by molar-refractivity contribution is 6.33. The van der Waals surface area contributed by atoms with Crippen LogP contribution in [0.15, 0.2) is 6.07 Å². The van der Waals surface area contributed by atoms with Gasteiger partial charge in [0, 0.05) is 5.56 Å². The number of aromatic hydroxyl groups is 1. The van der Waals surface area contributed by atoms with Crippen LogP contribution in [0.3, 0.4) is 0 Å². The van der Waals surface area contributed by atoms with Crippen LogP contribution >= 0.6 is 11.6 Å². The lowest BCUT2D eigenvalue weighted by Gasteiger charge is -2.15. The van der Waals surface area contributed by atoms with Gasteiger partial charge in [-0.2, -0.15) is 0 Å². The maximum Gasteiger partial charge on any atom is 0.139 e. The zero-order chi connectivity index (χ0) is 10.9. The van der Waals surface area contributed by atoms with E-state index in [-0.39, 0.29) is 12.4 Å². The molecule has 0 saturated carbocycles. The molecule has 14 heavy (non-hydrogen) atoms. The van der Waals surface area contributed by atoms with Gasteiger partial charge < -0.3 is 15.9 Å². The van der Waals surface area contributed by atoms with E-state index in [0.717, 1.165) is 11.1 Å². The lowest BCUT2D eigenvalue weighted by molar-refractivity contribution is 0.265. The summed E-state index contributed by atoms with van der Waals surface area (Å²) >= 11 is 5.90. The normalized spacial score (nSPS) is 12.9. The van der Waals surface area contributed by atoms with Gasteiger partial charge in [-0.05, 0) is 25.0 Å². The summed E-state index contributed by atoms with van der Waals surface area (Å²) in [6, 6.07) is 1.16. The largest absolute Gasteiger partial charge is 0.506 e. The summed E-state index contributed by atoms with van der Waals surface area (Å²) in [6.07, 6.45) is 0. The van der Waals surface area contributed by atoms with Gasteiger partial charge in [0.15, 0.2) is 0 Å². The van der Waals surface area contributed by atoms with E-state index in [9.17, 15) is 5.11 Å². The van der Waals surface area contributed by atoms with Crippen LogP contribution < -0.4 is 5.73 Å². The van der Waals surface area contributed by atoms with Crippen molar-refractivity contribution in [1.82, 2.24) is 0 Å². The van der Waals surface area contributed by atoms with E-state index in [0.29, 0.717) is 10.6 Å². The molecule has 4 heteroatoms. The molecule has 1 unspecified atom stereocenters. The third-order valence-corrected chi connectivity index (χ3v) is 2.83. The molecule has 0 fully saturated rings. The molecule has 1 rings (SSSR count). The second kappa shape index (κ2) is 4.17. The number of aliphatic hydroxyl groups excluding tert-OH is 1. The Bertz CT molecular complexity index is 352. The number of rotatable bonds is 2. The van der Waals surface area contributed by atoms with Gasteiger partial charge in [-0.15, -0.1) is 0 Å². The molecule has 1 aromatic rings. The molecule has 0 aromatic heterocycles. The Kier molecular flexibility index (Phi) is 3.37. The molecule has 4 N–H and O–H groups in total. The van der Waals surface area contributed by atoms with Crippen molar-refractivity contribution in [3.63, 3.8) is 0 Å². The Morgan fingerprint density at radius 1 is 1.50 bits per heavy atom. The van der Waals surface area contributed by atoms with Crippen molar-refractivity contribution in [1.29, 1.82) is 0 Å². The van der Waals surface area contributed by atoms with E-state index < -0.39 is 6.04 Å². The minimum Gasteiger partial charge on any atom is -0.506 e. The third-order valence-electron chi connectivity index (χ3n) is 2.37. The van der Waals surface area contributed by atoms with E-state index in [1.54, 1.807) is 6.07 Å². The number of aliphatic hydroxyl groups is 1. The highest BCUT2D eigenvalue weighted by Gasteiger charge is 2.15. The van der Waals surface area contributed by atoms with Crippen LogP contribution in [-0.2, 0) is 0 Å². The zero-order valence-electron chi connectivity index (χ0n) is 8.21. The van der Waals surface area contributed by atoms with Gasteiger partial charge in [0.05, 0.1) is 17.7 Å². The van der Waals surface area contributed by atoms with Crippen LogP contribution in [-0.4, -0.2) is 16.8 Å². The molecule has 3 nitrogen and oxygen atoms in total. The Morgan fingerprint density at radius 2 is 2.07 bits per heavy atom. The highest BCUT2D eigenvalue weighted by atomic mass is 35.5. The van der Waals surface area contributed by atoms with Gasteiger partial charge in [0.1, 0.15) is 5.75 Å². The predicted molar refractivity (Wildman–Crippen MR) is 56.6 cm³/mol. The Morgan fingerprint density at radius 3 is 2.57 bits per heavy atom. The van der Waals surface area contributed by atoms with E-state index in [1.807, 2.05) is 13.8 Å². The Hall–Kier alpha value is -0.770. The number of hydrogen-bond acceptors (Lipinski definition) is 3. The standard InChI is InChI=1S/C10H14ClNO2/c1-5-3-7(8(12)4-13)10(14)9(11)6(5)2/h3,8,13-14H,4,12H2,1-2H3. The van der Waals surface area contributed by atoms with Gasteiger partial charge in [-0.3, -0.25) is 0 Å². The van der Waals surface area contributed by atoms with Gasteiger partial charge >= 0.3 is 0 Å². The summed E-state index contributed by atoms with van der Waals surface area (Å²) in [7, 11) is 0. The summed E-state index contributed by atoms with van der Waals surface area (Å²) in [5.41, 5.74) is 7.88. The SMILES string of the molecule is Cc1cc(C(N)CO)c(O)c(Cl)c1C. The summed E-state index contributed by atoms with van der Waals surface area (Å²) in [5, 5.41) is 18.9. The molecular weight excluding hydrogens is 202 g/mol. The van der Waals surface area contributed by atoms with Crippen molar-refractivity contribution in [2.75, 3.05) is 6.61 Å². The second-order valence-electron chi connectivity index (χ2n) is 3.36. The van der Waals surface area contributed by atoms with Gasteiger partial charge in [-0.25, -0.2) is 0 Å². The fourth-order valence-electron chi connectivity index (χ4n) is 1.27. The summed E-state index contributed by atoms with van der Waals surface area (Å²) in [6.45, 7) is 3.49. The van der Waals surface area contributed by atoms with Crippen LogP contribution in [0.4, 0.5) is 0 Å². The van der Waals surface area contributed by atoms with Gasteiger partial charge in [-0.1, -0.05) is 17.7 Å². The van der Waals surface area contributed by atoms with Crippen molar-refractivity contribution in [2.45, 2.75) is 19.9 Å². The van der Waals surface area contributed by atoms with Gasteiger partial charge in [0.2, 0.25) is 0 Å². The predicted octanol–water partition coefficient (Wildman–Crippen LogP) is 1.65. The fraction of sp³-hybridized carbons (Fsp3) is 0.400.